The van der Waals surface area contributed by atoms with Crippen LogP contribution >= 0.6 is 11.6 Å². The molecule has 19 heavy (non-hydrogen) atoms. The van der Waals surface area contributed by atoms with E-state index in [-0.39, 0.29) is 10.7 Å². The highest BCUT2D eigenvalue weighted by Gasteiger charge is 2.30. The summed E-state index contributed by atoms with van der Waals surface area (Å²) in [5, 5.41) is 19.8. The van der Waals surface area contributed by atoms with Gasteiger partial charge in [-0.25, -0.2) is 0 Å². The lowest BCUT2D eigenvalue weighted by atomic mass is 10.1. The predicted octanol–water partition coefficient (Wildman–Crippen LogP) is 2.30. The largest absolute Gasteiger partial charge is 0.480 e. The lowest BCUT2D eigenvalue weighted by Gasteiger charge is -2.20. The number of halogens is 1. The highest BCUT2D eigenvalue weighted by Crippen LogP contribution is 2.27. The van der Waals surface area contributed by atoms with Gasteiger partial charge in [-0.3, -0.25) is 19.8 Å². The number of rotatable bonds is 4. The molecular formula is C12H13ClN2O4. The van der Waals surface area contributed by atoms with Crippen molar-refractivity contribution in [2.24, 2.45) is 0 Å². The average molecular weight is 285 g/mol. The van der Waals surface area contributed by atoms with Gasteiger partial charge in [0.2, 0.25) is 0 Å². The van der Waals surface area contributed by atoms with E-state index in [4.69, 9.17) is 16.7 Å². The maximum Gasteiger partial charge on any atom is 0.320 e. The van der Waals surface area contributed by atoms with Crippen LogP contribution in [0, 0.1) is 10.1 Å². The molecule has 1 aromatic rings. The molecular weight excluding hydrogens is 272 g/mol. The Labute approximate surface area is 114 Å². The molecule has 0 aromatic heterocycles. The zero-order valence-electron chi connectivity index (χ0n) is 10.1. The molecule has 1 heterocycles. The Morgan fingerprint density at radius 2 is 2.32 bits per heavy atom. The van der Waals surface area contributed by atoms with Gasteiger partial charge >= 0.3 is 5.97 Å². The number of likely N-dealkylation sites (tertiary alicyclic amines) is 1. The number of hydrogen-bond donors (Lipinski definition) is 1. The fourth-order valence-corrected chi connectivity index (χ4v) is 2.60. The van der Waals surface area contributed by atoms with Crippen LogP contribution < -0.4 is 0 Å². The van der Waals surface area contributed by atoms with Gasteiger partial charge in [-0.05, 0) is 31.0 Å². The molecule has 0 unspecified atom stereocenters. The molecule has 0 saturated carbocycles. The smallest absolute Gasteiger partial charge is 0.320 e. The number of benzene rings is 1. The van der Waals surface area contributed by atoms with E-state index in [1.165, 1.54) is 12.1 Å². The first kappa shape index (κ1) is 13.8. The molecule has 1 N–H and O–H groups in total. The molecule has 0 bridgehead atoms. The van der Waals surface area contributed by atoms with Crippen molar-refractivity contribution in [3.8, 4) is 0 Å². The summed E-state index contributed by atoms with van der Waals surface area (Å²) in [6, 6.07) is 4.01. The summed E-state index contributed by atoms with van der Waals surface area (Å²) >= 11 is 5.83. The van der Waals surface area contributed by atoms with Crippen molar-refractivity contribution in [3.63, 3.8) is 0 Å². The monoisotopic (exact) mass is 284 g/mol. The summed E-state index contributed by atoms with van der Waals surface area (Å²) in [6.45, 7) is 1.15. The van der Waals surface area contributed by atoms with Crippen molar-refractivity contribution in [1.29, 1.82) is 0 Å². The van der Waals surface area contributed by atoms with E-state index in [1.54, 1.807) is 6.07 Å². The number of hydrogen-bond acceptors (Lipinski definition) is 4. The molecule has 1 atom stereocenters. The molecule has 0 radical (unpaired) electrons. The highest BCUT2D eigenvalue weighted by molar-refractivity contribution is 6.32. The van der Waals surface area contributed by atoms with E-state index in [0.717, 1.165) is 12.0 Å². The van der Waals surface area contributed by atoms with Crippen LogP contribution in [0.2, 0.25) is 5.02 Å². The van der Waals surface area contributed by atoms with Crippen molar-refractivity contribution < 1.29 is 14.8 Å². The molecule has 7 heteroatoms. The Kier molecular flexibility index (Phi) is 4.01. The second-order valence-corrected chi connectivity index (χ2v) is 4.92. The molecule has 1 fully saturated rings. The molecule has 0 amide bonds. The summed E-state index contributed by atoms with van der Waals surface area (Å²) in [5.74, 6) is -0.828. The first-order valence-electron chi connectivity index (χ1n) is 5.88. The van der Waals surface area contributed by atoms with Crippen molar-refractivity contribution in [1.82, 2.24) is 4.90 Å². The standard InChI is InChI=1S/C12H13ClN2O4/c13-9-6-8(3-4-10(9)15(18)19)7-14-5-1-2-11(14)12(16)17/h3-4,6,11H,1-2,5,7H2,(H,16,17)/t11-/m1/s1. The van der Waals surface area contributed by atoms with Gasteiger partial charge in [-0.15, -0.1) is 0 Å². The number of nitrogens with zero attached hydrogens (tertiary/aromatic N) is 2. The number of aliphatic carboxylic acids is 1. The number of carboxylic acid groups (broad SMARTS) is 1. The van der Waals surface area contributed by atoms with Crippen LogP contribution in [0.5, 0.6) is 0 Å². The number of nitro benzene ring substituents is 1. The van der Waals surface area contributed by atoms with Crippen LogP contribution in [-0.2, 0) is 11.3 Å². The molecule has 102 valence electrons. The van der Waals surface area contributed by atoms with Gasteiger partial charge in [0.15, 0.2) is 0 Å². The summed E-state index contributed by atoms with van der Waals surface area (Å²) in [5.41, 5.74) is 0.644. The normalized spacial score (nSPS) is 19.5. The molecule has 0 aliphatic carbocycles. The van der Waals surface area contributed by atoms with Gasteiger partial charge in [0.25, 0.3) is 5.69 Å². The third-order valence-corrected chi connectivity index (χ3v) is 3.55. The third kappa shape index (κ3) is 3.02. The van der Waals surface area contributed by atoms with Crippen LogP contribution in [0.3, 0.4) is 0 Å². The van der Waals surface area contributed by atoms with Gasteiger partial charge < -0.3 is 5.11 Å². The Hall–Kier alpha value is -1.66. The van der Waals surface area contributed by atoms with Crippen molar-refractivity contribution in [3.05, 3.63) is 38.9 Å². The Morgan fingerprint density at radius 3 is 2.89 bits per heavy atom. The topological polar surface area (TPSA) is 83.7 Å². The minimum absolute atomic E-state index is 0.0774. The minimum atomic E-state index is -0.828. The minimum Gasteiger partial charge on any atom is -0.480 e. The molecule has 1 aliphatic heterocycles. The van der Waals surface area contributed by atoms with Gasteiger partial charge in [-0.1, -0.05) is 17.7 Å². The van der Waals surface area contributed by atoms with Crippen LogP contribution in [0.1, 0.15) is 18.4 Å². The van der Waals surface area contributed by atoms with Crippen LogP contribution in [-0.4, -0.2) is 33.5 Å². The molecule has 1 aromatic carbocycles. The van der Waals surface area contributed by atoms with Crippen molar-refractivity contribution in [2.75, 3.05) is 6.54 Å². The predicted molar refractivity (Wildman–Crippen MR) is 69.2 cm³/mol. The lowest BCUT2D eigenvalue weighted by Crippen LogP contribution is -2.35. The average Bonchev–Trinajstić information content (AvgIpc) is 2.76. The molecule has 1 aliphatic rings. The zero-order chi connectivity index (χ0) is 14.0. The summed E-state index contributed by atoms with van der Waals surface area (Å²) in [4.78, 5) is 23.0. The first-order valence-corrected chi connectivity index (χ1v) is 6.26. The molecule has 6 nitrogen and oxygen atoms in total. The van der Waals surface area contributed by atoms with Crippen LogP contribution in [0.4, 0.5) is 5.69 Å². The zero-order valence-corrected chi connectivity index (χ0v) is 10.8. The van der Waals surface area contributed by atoms with Crippen LogP contribution in [0.15, 0.2) is 18.2 Å². The van der Waals surface area contributed by atoms with Crippen molar-refractivity contribution in [2.45, 2.75) is 25.4 Å². The summed E-state index contributed by atoms with van der Waals surface area (Å²) in [7, 11) is 0. The summed E-state index contributed by atoms with van der Waals surface area (Å²) < 4.78 is 0. The van der Waals surface area contributed by atoms with E-state index in [0.29, 0.717) is 19.5 Å². The number of nitro groups is 1. The van der Waals surface area contributed by atoms with E-state index >= 15 is 0 Å². The third-order valence-electron chi connectivity index (χ3n) is 3.24. The van der Waals surface area contributed by atoms with Gasteiger partial charge in [0.05, 0.1) is 4.92 Å². The SMILES string of the molecule is O=C(O)[C@H]1CCCN1Cc1ccc([N+](=O)[O-])c(Cl)c1. The second-order valence-electron chi connectivity index (χ2n) is 4.51. The fourth-order valence-electron chi connectivity index (χ4n) is 2.33. The van der Waals surface area contributed by atoms with Gasteiger partial charge in [0.1, 0.15) is 11.1 Å². The quantitative estimate of drug-likeness (QED) is 0.677. The maximum absolute atomic E-state index is 11.1. The Balaban J connectivity index is 2.13. The van der Waals surface area contributed by atoms with Crippen molar-refractivity contribution >= 4 is 23.3 Å². The van der Waals surface area contributed by atoms with E-state index in [9.17, 15) is 14.9 Å². The number of carbonyl (C=O) groups is 1. The molecule has 1 saturated heterocycles. The van der Waals surface area contributed by atoms with E-state index in [2.05, 4.69) is 0 Å². The number of carboxylic acids is 1. The summed E-state index contributed by atoms with van der Waals surface area (Å²) in [6.07, 6.45) is 1.48. The lowest BCUT2D eigenvalue weighted by molar-refractivity contribution is -0.384. The van der Waals surface area contributed by atoms with Gasteiger partial charge in [0, 0.05) is 12.6 Å². The fraction of sp³-hybridized carbons (Fsp3) is 0.417. The maximum atomic E-state index is 11.1. The van der Waals surface area contributed by atoms with Gasteiger partial charge in [-0.2, -0.15) is 0 Å². The van der Waals surface area contributed by atoms with E-state index < -0.39 is 16.9 Å². The first-order chi connectivity index (χ1) is 8.99. The Bertz CT molecular complexity index is 520. The molecule has 0 spiro atoms. The highest BCUT2D eigenvalue weighted by atomic mass is 35.5. The second kappa shape index (κ2) is 5.54. The van der Waals surface area contributed by atoms with Crippen LogP contribution in [0.25, 0.3) is 0 Å². The Morgan fingerprint density at radius 1 is 1.58 bits per heavy atom. The molecule has 2 rings (SSSR count). The van der Waals surface area contributed by atoms with E-state index in [1.807, 2.05) is 4.90 Å².